The molecule has 1 saturated carbocycles. The molecular formula is C30H69N3O2. The maximum Gasteiger partial charge on any atom is 0.410 e. The fourth-order valence-corrected chi connectivity index (χ4v) is 3.74. The van der Waals surface area contributed by atoms with Crippen LogP contribution >= 0.6 is 0 Å². The topological polar surface area (TPSA) is 36.0 Å². The number of likely N-dealkylation sites (tertiary alicyclic amines) is 2. The van der Waals surface area contributed by atoms with Crippen molar-refractivity contribution in [3.05, 3.63) is 0 Å². The molecule has 0 aromatic rings. The first-order valence-electron chi connectivity index (χ1n) is 12.5. The van der Waals surface area contributed by atoms with Crippen LogP contribution in [0.4, 0.5) is 4.79 Å². The van der Waals surface area contributed by atoms with Crippen molar-refractivity contribution in [3.8, 4) is 0 Å². The van der Waals surface area contributed by atoms with Gasteiger partial charge in [0, 0.05) is 11.1 Å². The number of carbonyl (C=O) groups excluding carboxylic acids is 1. The highest BCUT2D eigenvalue weighted by Gasteiger charge is 2.31. The smallest absolute Gasteiger partial charge is 0.410 e. The van der Waals surface area contributed by atoms with Gasteiger partial charge in [0.15, 0.2) is 0 Å². The van der Waals surface area contributed by atoms with Crippen molar-refractivity contribution in [2.24, 2.45) is 11.3 Å². The normalized spacial score (nSPS) is 19.7. The van der Waals surface area contributed by atoms with Gasteiger partial charge in [0.1, 0.15) is 6.61 Å². The summed E-state index contributed by atoms with van der Waals surface area (Å²) in [6.45, 7) is 26.4. The second kappa shape index (κ2) is 17.6. The van der Waals surface area contributed by atoms with E-state index in [0.717, 1.165) is 12.5 Å². The van der Waals surface area contributed by atoms with Gasteiger partial charge < -0.3 is 9.64 Å². The number of carbonyl (C=O) groups is 1. The summed E-state index contributed by atoms with van der Waals surface area (Å²) >= 11 is 0. The number of hydrogen-bond acceptors (Lipinski definition) is 4. The van der Waals surface area contributed by atoms with Gasteiger partial charge in [-0.15, -0.1) is 0 Å². The van der Waals surface area contributed by atoms with E-state index in [4.69, 9.17) is 4.74 Å². The Balaban J connectivity index is -0.000000180. The molecule has 4 fully saturated rings. The zero-order valence-electron chi connectivity index (χ0n) is 22.5. The van der Waals surface area contributed by atoms with Crippen molar-refractivity contribution in [2.75, 3.05) is 46.4 Å². The predicted molar refractivity (Wildman–Crippen MR) is 160 cm³/mol. The Labute approximate surface area is 223 Å². The van der Waals surface area contributed by atoms with Crippen molar-refractivity contribution in [2.45, 2.75) is 135 Å². The molecule has 35 heavy (non-hydrogen) atoms. The Morgan fingerprint density at radius 3 is 1.17 bits per heavy atom. The lowest BCUT2D eigenvalue weighted by Gasteiger charge is -2.42. The standard InChI is InChI=1S/C8H16.C7H13NO2.C7H15N.C4H9N.4CH4/c1-8(2,3)7-5-4-6-7;1-7(2,3)8-4-5-10-6(8)9;1-7(2,3)8-5-4-6-8;1-5-3-2-4-5;;;;/h7H,4-6H2,1-3H3;4-5H2,1-3H3;4-6H2,1-3H3;2-4H2,1H3;4*1H4. The molecule has 3 heterocycles. The van der Waals surface area contributed by atoms with Gasteiger partial charge in [-0.25, -0.2) is 4.79 Å². The van der Waals surface area contributed by atoms with Crippen molar-refractivity contribution in [3.63, 3.8) is 0 Å². The van der Waals surface area contributed by atoms with Crippen LogP contribution in [0.2, 0.25) is 0 Å². The van der Waals surface area contributed by atoms with E-state index >= 15 is 0 Å². The fourth-order valence-electron chi connectivity index (χ4n) is 3.74. The summed E-state index contributed by atoms with van der Waals surface area (Å²) in [5.74, 6) is 1.03. The molecule has 0 N–H and O–H groups in total. The van der Waals surface area contributed by atoms with Crippen LogP contribution in [-0.2, 0) is 4.74 Å². The number of nitrogens with zero attached hydrogens (tertiary/aromatic N) is 3. The minimum absolute atomic E-state index is 0. The minimum atomic E-state index is -0.187. The molecule has 0 bridgehead atoms. The van der Waals surface area contributed by atoms with Gasteiger partial charge in [-0.1, -0.05) is 56.9 Å². The lowest BCUT2D eigenvalue weighted by molar-refractivity contribution is 0.0690. The Bertz CT molecular complexity index is 493. The first-order valence-corrected chi connectivity index (χ1v) is 12.5. The van der Waals surface area contributed by atoms with Gasteiger partial charge >= 0.3 is 6.09 Å². The molecule has 4 rings (SSSR count). The van der Waals surface area contributed by atoms with E-state index in [-0.39, 0.29) is 41.3 Å². The Morgan fingerprint density at radius 2 is 1.11 bits per heavy atom. The summed E-state index contributed by atoms with van der Waals surface area (Å²) in [5, 5.41) is 0. The highest BCUT2D eigenvalue weighted by molar-refractivity contribution is 5.70. The van der Waals surface area contributed by atoms with Crippen molar-refractivity contribution >= 4 is 6.09 Å². The molecule has 5 heteroatoms. The van der Waals surface area contributed by atoms with Gasteiger partial charge in [-0.05, 0) is 112 Å². The van der Waals surface area contributed by atoms with Crippen LogP contribution in [0, 0.1) is 11.3 Å². The van der Waals surface area contributed by atoms with Gasteiger partial charge in [0.05, 0.1) is 6.54 Å². The largest absolute Gasteiger partial charge is 0.448 e. The maximum absolute atomic E-state index is 10.9. The van der Waals surface area contributed by atoms with E-state index in [1.54, 1.807) is 4.90 Å². The van der Waals surface area contributed by atoms with Gasteiger partial charge in [0.25, 0.3) is 0 Å². The number of rotatable bonds is 0. The zero-order chi connectivity index (χ0) is 23.9. The fraction of sp³-hybridized carbons (Fsp3) is 0.967. The summed E-state index contributed by atoms with van der Waals surface area (Å²) in [6, 6.07) is 0. The Morgan fingerprint density at radius 1 is 0.686 bits per heavy atom. The summed E-state index contributed by atoms with van der Waals surface area (Å²) in [5.41, 5.74) is 0.935. The lowest BCUT2D eigenvalue weighted by atomic mass is 9.69. The molecule has 0 spiro atoms. The number of cyclic esters (lactones) is 1. The SMILES string of the molecule is C.C.C.C.CC(C)(C)C1CCC1.CC(C)(C)N1CCC1.CC(C)(C)N1CCOC1=O.CN1CCC1. The van der Waals surface area contributed by atoms with E-state index < -0.39 is 0 Å². The molecule has 0 unspecified atom stereocenters. The van der Waals surface area contributed by atoms with Gasteiger partial charge in [-0.2, -0.15) is 0 Å². The monoisotopic (exact) mass is 504 g/mol. The molecule has 0 atom stereocenters. The Kier molecular flexibility index (Phi) is 20.8. The third-order valence-corrected chi connectivity index (χ3v) is 6.78. The molecular weight excluding hydrogens is 434 g/mol. The molecule has 216 valence electrons. The zero-order valence-corrected chi connectivity index (χ0v) is 22.5. The predicted octanol–water partition coefficient (Wildman–Crippen LogP) is 8.43. The van der Waals surface area contributed by atoms with Crippen LogP contribution in [0.15, 0.2) is 0 Å². The molecule has 3 saturated heterocycles. The molecule has 1 amide bonds. The molecule has 3 aliphatic heterocycles. The third kappa shape index (κ3) is 15.8. The van der Waals surface area contributed by atoms with Crippen LogP contribution < -0.4 is 0 Å². The molecule has 0 aromatic carbocycles. The van der Waals surface area contributed by atoms with Crippen LogP contribution in [0.25, 0.3) is 0 Å². The summed E-state index contributed by atoms with van der Waals surface area (Å²) in [4.78, 5) is 17.5. The average molecular weight is 504 g/mol. The van der Waals surface area contributed by atoms with Crippen molar-refractivity contribution in [1.82, 2.24) is 14.7 Å². The third-order valence-electron chi connectivity index (χ3n) is 6.78. The number of hydrogen-bond donors (Lipinski definition) is 0. The van der Waals surface area contributed by atoms with Crippen molar-refractivity contribution < 1.29 is 9.53 Å². The maximum atomic E-state index is 10.9. The summed E-state index contributed by atoms with van der Waals surface area (Å²) in [7, 11) is 2.14. The van der Waals surface area contributed by atoms with Gasteiger partial charge in [-0.3, -0.25) is 9.80 Å². The molecule has 1 aliphatic carbocycles. The molecule has 0 aromatic heterocycles. The number of ether oxygens (including phenoxy) is 1. The van der Waals surface area contributed by atoms with E-state index in [1.807, 2.05) is 20.8 Å². The van der Waals surface area contributed by atoms with E-state index in [0.29, 0.717) is 17.6 Å². The van der Waals surface area contributed by atoms with Crippen LogP contribution in [0.5, 0.6) is 0 Å². The number of amides is 1. The van der Waals surface area contributed by atoms with Crippen molar-refractivity contribution in [1.29, 1.82) is 0 Å². The summed E-state index contributed by atoms with van der Waals surface area (Å²) < 4.78 is 4.78. The van der Waals surface area contributed by atoms with E-state index in [1.165, 1.54) is 58.3 Å². The van der Waals surface area contributed by atoms with Crippen LogP contribution in [-0.4, -0.2) is 78.2 Å². The Hall–Kier alpha value is -0.810. The molecule has 5 nitrogen and oxygen atoms in total. The highest BCUT2D eigenvalue weighted by Crippen LogP contribution is 2.40. The minimum Gasteiger partial charge on any atom is -0.448 e. The first-order chi connectivity index (χ1) is 14.1. The lowest BCUT2D eigenvalue weighted by Crippen LogP contribution is -2.49. The van der Waals surface area contributed by atoms with E-state index in [2.05, 4.69) is 58.4 Å². The second-order valence-electron chi connectivity index (χ2n) is 12.6. The summed E-state index contributed by atoms with van der Waals surface area (Å²) in [6.07, 6.45) is 7.05. The van der Waals surface area contributed by atoms with Crippen LogP contribution in [0.1, 0.15) is 124 Å². The average Bonchev–Trinajstić information content (AvgIpc) is 2.86. The first kappa shape index (κ1) is 41.3. The van der Waals surface area contributed by atoms with Crippen LogP contribution in [0.3, 0.4) is 0 Å². The molecule has 0 radical (unpaired) electrons. The van der Waals surface area contributed by atoms with E-state index in [9.17, 15) is 4.79 Å². The molecule has 4 aliphatic rings. The second-order valence-corrected chi connectivity index (χ2v) is 12.6. The highest BCUT2D eigenvalue weighted by atomic mass is 16.6. The van der Waals surface area contributed by atoms with Gasteiger partial charge in [0.2, 0.25) is 0 Å². The quantitative estimate of drug-likeness (QED) is 0.332.